The predicted octanol–water partition coefficient (Wildman–Crippen LogP) is 3.98. The van der Waals surface area contributed by atoms with Crippen molar-refractivity contribution in [3.63, 3.8) is 0 Å². The Balaban J connectivity index is 1.86. The maximum atomic E-state index is 4.55. The van der Waals surface area contributed by atoms with Gasteiger partial charge in [-0.05, 0) is 42.3 Å². The number of aryl methyl sites for hydroxylation is 2. The molecule has 2 N–H and O–H groups in total. The topological polar surface area (TPSA) is 57.4 Å². The van der Waals surface area contributed by atoms with E-state index in [0.29, 0.717) is 0 Å². The first-order chi connectivity index (χ1) is 10.2. The van der Waals surface area contributed by atoms with Crippen molar-refractivity contribution in [2.75, 3.05) is 0 Å². The summed E-state index contributed by atoms with van der Waals surface area (Å²) in [7, 11) is 0. The molecule has 0 amide bonds. The monoisotopic (exact) mass is 276 g/mol. The number of nitrogens with zero attached hydrogens (tertiary/aromatic N) is 2. The van der Waals surface area contributed by atoms with Crippen LogP contribution in [0.15, 0.2) is 36.4 Å². The van der Waals surface area contributed by atoms with Crippen molar-refractivity contribution in [1.29, 1.82) is 0 Å². The molecule has 4 rings (SSSR count). The van der Waals surface area contributed by atoms with Gasteiger partial charge >= 0.3 is 0 Å². The van der Waals surface area contributed by atoms with E-state index in [-0.39, 0.29) is 0 Å². The molecule has 4 aromatic rings. The lowest BCUT2D eigenvalue weighted by Gasteiger charge is -2.01. The van der Waals surface area contributed by atoms with Crippen molar-refractivity contribution in [2.45, 2.75) is 20.3 Å². The van der Waals surface area contributed by atoms with Crippen LogP contribution >= 0.6 is 0 Å². The molecule has 0 fully saturated rings. The van der Waals surface area contributed by atoms with E-state index in [4.69, 9.17) is 0 Å². The fourth-order valence-corrected chi connectivity index (χ4v) is 2.73. The molecule has 0 radical (unpaired) electrons. The molecule has 0 saturated heterocycles. The fraction of sp³-hybridized carbons (Fsp3) is 0.176. The molecular weight excluding hydrogens is 260 g/mol. The van der Waals surface area contributed by atoms with Crippen molar-refractivity contribution >= 4 is 22.1 Å². The normalized spacial score (nSPS) is 11.5. The summed E-state index contributed by atoms with van der Waals surface area (Å²) >= 11 is 0. The number of imidazole rings is 2. The van der Waals surface area contributed by atoms with Gasteiger partial charge in [-0.3, -0.25) is 0 Å². The zero-order valence-electron chi connectivity index (χ0n) is 12.1. The van der Waals surface area contributed by atoms with E-state index in [1.807, 2.05) is 6.92 Å². The van der Waals surface area contributed by atoms with Crippen LogP contribution in [-0.2, 0) is 6.42 Å². The molecule has 2 aromatic heterocycles. The number of H-pyrrole nitrogens is 2. The Hall–Kier alpha value is -2.62. The van der Waals surface area contributed by atoms with Crippen molar-refractivity contribution in [3.05, 3.63) is 48.0 Å². The highest BCUT2D eigenvalue weighted by Crippen LogP contribution is 2.26. The van der Waals surface area contributed by atoms with Crippen LogP contribution < -0.4 is 0 Å². The first-order valence-electron chi connectivity index (χ1n) is 7.18. The maximum absolute atomic E-state index is 4.55. The molecule has 0 aliphatic heterocycles. The average molecular weight is 276 g/mol. The van der Waals surface area contributed by atoms with Gasteiger partial charge in [0.25, 0.3) is 0 Å². The van der Waals surface area contributed by atoms with E-state index in [9.17, 15) is 0 Å². The van der Waals surface area contributed by atoms with Crippen LogP contribution in [0, 0.1) is 6.92 Å². The number of aromatic nitrogens is 4. The SMILES string of the molecule is CCc1nc2ccc(-c3ccc4nc(C)[nH]c4c3)cc2[nH]1. The number of aromatic amines is 2. The minimum absolute atomic E-state index is 0.920. The largest absolute Gasteiger partial charge is 0.342 e. The molecule has 2 heterocycles. The summed E-state index contributed by atoms with van der Waals surface area (Å²) in [6.45, 7) is 4.08. The zero-order valence-corrected chi connectivity index (χ0v) is 12.1. The summed E-state index contributed by atoms with van der Waals surface area (Å²) in [6, 6.07) is 12.7. The van der Waals surface area contributed by atoms with Gasteiger partial charge in [-0.25, -0.2) is 9.97 Å². The summed E-state index contributed by atoms with van der Waals surface area (Å²) in [5.41, 5.74) is 6.55. The molecule has 0 bridgehead atoms. The van der Waals surface area contributed by atoms with Gasteiger partial charge in [0.2, 0.25) is 0 Å². The Bertz CT molecular complexity index is 946. The Labute approximate surface area is 122 Å². The molecular formula is C17H16N4. The van der Waals surface area contributed by atoms with E-state index in [0.717, 1.165) is 40.1 Å². The highest BCUT2D eigenvalue weighted by molar-refractivity contribution is 5.86. The molecule has 4 nitrogen and oxygen atoms in total. The highest BCUT2D eigenvalue weighted by atomic mass is 14.9. The summed E-state index contributed by atoms with van der Waals surface area (Å²) < 4.78 is 0. The van der Waals surface area contributed by atoms with Gasteiger partial charge < -0.3 is 9.97 Å². The van der Waals surface area contributed by atoms with Crippen LogP contribution in [0.4, 0.5) is 0 Å². The van der Waals surface area contributed by atoms with Gasteiger partial charge in [0.1, 0.15) is 11.6 Å². The molecule has 0 atom stereocenters. The van der Waals surface area contributed by atoms with Gasteiger partial charge in [-0.15, -0.1) is 0 Å². The van der Waals surface area contributed by atoms with E-state index < -0.39 is 0 Å². The van der Waals surface area contributed by atoms with E-state index in [1.54, 1.807) is 0 Å². The number of benzene rings is 2. The van der Waals surface area contributed by atoms with Gasteiger partial charge in [-0.2, -0.15) is 0 Å². The number of fused-ring (bicyclic) bond motifs is 2. The van der Waals surface area contributed by atoms with Crippen LogP contribution in [0.1, 0.15) is 18.6 Å². The second-order valence-corrected chi connectivity index (χ2v) is 5.32. The van der Waals surface area contributed by atoms with E-state index in [2.05, 4.69) is 63.3 Å². The summed E-state index contributed by atoms with van der Waals surface area (Å²) in [6.07, 6.45) is 0.920. The summed E-state index contributed by atoms with van der Waals surface area (Å²) in [5.74, 6) is 1.97. The molecule has 0 aliphatic rings. The van der Waals surface area contributed by atoms with Crippen LogP contribution in [0.25, 0.3) is 33.2 Å². The van der Waals surface area contributed by atoms with Crippen molar-refractivity contribution < 1.29 is 0 Å². The number of hydrogen-bond donors (Lipinski definition) is 2. The third-order valence-electron chi connectivity index (χ3n) is 3.80. The standard InChI is InChI=1S/C17H16N4/c1-3-17-20-14-7-5-12(9-16(14)21-17)11-4-6-13-15(8-11)19-10(2)18-13/h4-9H,3H2,1-2H3,(H,18,19)(H,20,21). The molecule has 0 aliphatic carbocycles. The Morgan fingerprint density at radius 1 is 0.857 bits per heavy atom. The minimum Gasteiger partial charge on any atom is -0.342 e. The lowest BCUT2D eigenvalue weighted by molar-refractivity contribution is 1.00. The summed E-state index contributed by atoms with van der Waals surface area (Å²) in [4.78, 5) is 15.6. The van der Waals surface area contributed by atoms with Crippen molar-refractivity contribution in [3.8, 4) is 11.1 Å². The fourth-order valence-electron chi connectivity index (χ4n) is 2.73. The van der Waals surface area contributed by atoms with Gasteiger partial charge in [0.15, 0.2) is 0 Å². The second kappa shape index (κ2) is 4.45. The first-order valence-corrected chi connectivity index (χ1v) is 7.18. The van der Waals surface area contributed by atoms with Crippen LogP contribution in [0.3, 0.4) is 0 Å². The Kier molecular flexibility index (Phi) is 2.57. The predicted molar refractivity (Wildman–Crippen MR) is 85.3 cm³/mol. The number of nitrogens with one attached hydrogen (secondary N) is 2. The van der Waals surface area contributed by atoms with Gasteiger partial charge in [0.05, 0.1) is 22.1 Å². The zero-order chi connectivity index (χ0) is 14.4. The average Bonchev–Trinajstić information content (AvgIpc) is 3.06. The lowest BCUT2D eigenvalue weighted by Crippen LogP contribution is -1.80. The Morgan fingerprint density at radius 2 is 1.48 bits per heavy atom. The van der Waals surface area contributed by atoms with Crippen LogP contribution in [0.2, 0.25) is 0 Å². The molecule has 4 heteroatoms. The minimum atomic E-state index is 0.920. The molecule has 0 saturated carbocycles. The third-order valence-corrected chi connectivity index (χ3v) is 3.80. The molecule has 21 heavy (non-hydrogen) atoms. The van der Waals surface area contributed by atoms with E-state index >= 15 is 0 Å². The van der Waals surface area contributed by atoms with Gasteiger partial charge in [0, 0.05) is 6.42 Å². The maximum Gasteiger partial charge on any atom is 0.106 e. The molecule has 104 valence electrons. The Morgan fingerprint density at radius 3 is 2.14 bits per heavy atom. The highest BCUT2D eigenvalue weighted by Gasteiger charge is 2.06. The van der Waals surface area contributed by atoms with E-state index in [1.165, 1.54) is 11.1 Å². The molecule has 2 aromatic carbocycles. The van der Waals surface area contributed by atoms with Crippen LogP contribution in [0.5, 0.6) is 0 Å². The summed E-state index contributed by atoms with van der Waals surface area (Å²) in [5, 5.41) is 0. The smallest absolute Gasteiger partial charge is 0.106 e. The quantitative estimate of drug-likeness (QED) is 0.582. The molecule has 0 unspecified atom stereocenters. The van der Waals surface area contributed by atoms with Gasteiger partial charge in [-0.1, -0.05) is 19.1 Å². The lowest BCUT2D eigenvalue weighted by atomic mass is 10.0. The van der Waals surface area contributed by atoms with Crippen molar-refractivity contribution in [2.24, 2.45) is 0 Å². The number of hydrogen-bond acceptors (Lipinski definition) is 2. The molecule has 0 spiro atoms. The van der Waals surface area contributed by atoms with Crippen molar-refractivity contribution in [1.82, 2.24) is 19.9 Å². The third kappa shape index (κ3) is 2.00. The second-order valence-electron chi connectivity index (χ2n) is 5.32. The number of rotatable bonds is 2. The first kappa shape index (κ1) is 12.1. The van der Waals surface area contributed by atoms with Crippen LogP contribution in [-0.4, -0.2) is 19.9 Å².